The molecule has 110 valence electrons. The van der Waals surface area contributed by atoms with Crippen molar-refractivity contribution < 1.29 is 9.53 Å². The van der Waals surface area contributed by atoms with Crippen LogP contribution in [0, 0.1) is 19.8 Å². The lowest BCUT2D eigenvalue weighted by molar-refractivity contribution is -0.123. The van der Waals surface area contributed by atoms with Crippen molar-refractivity contribution in [3.63, 3.8) is 0 Å². The Morgan fingerprint density at radius 2 is 2.25 bits per heavy atom. The maximum atomic E-state index is 11.8. The SMILES string of the molecule is Cc1ccc(OCC(=O)NCC2CCCNC2)cc1C. The molecular formula is C16H24N2O2. The smallest absolute Gasteiger partial charge is 0.257 e. The van der Waals surface area contributed by atoms with E-state index in [1.54, 1.807) is 0 Å². The van der Waals surface area contributed by atoms with Crippen LogP contribution >= 0.6 is 0 Å². The van der Waals surface area contributed by atoms with Crippen molar-refractivity contribution in [3.05, 3.63) is 29.3 Å². The molecule has 1 unspecified atom stereocenters. The van der Waals surface area contributed by atoms with E-state index in [4.69, 9.17) is 4.74 Å². The fraction of sp³-hybridized carbons (Fsp3) is 0.562. The summed E-state index contributed by atoms with van der Waals surface area (Å²) >= 11 is 0. The number of piperidine rings is 1. The van der Waals surface area contributed by atoms with E-state index in [1.165, 1.54) is 24.0 Å². The Labute approximate surface area is 120 Å². The molecule has 1 heterocycles. The summed E-state index contributed by atoms with van der Waals surface area (Å²) in [5.74, 6) is 1.26. The van der Waals surface area contributed by atoms with Crippen LogP contribution in [0.5, 0.6) is 5.75 Å². The summed E-state index contributed by atoms with van der Waals surface area (Å²) in [6.07, 6.45) is 2.38. The molecule has 1 amide bonds. The number of ether oxygens (including phenoxy) is 1. The van der Waals surface area contributed by atoms with Crippen LogP contribution in [0.15, 0.2) is 18.2 Å². The van der Waals surface area contributed by atoms with E-state index >= 15 is 0 Å². The van der Waals surface area contributed by atoms with Crippen molar-refractivity contribution in [2.45, 2.75) is 26.7 Å². The molecule has 2 N–H and O–H groups in total. The minimum absolute atomic E-state index is 0.0474. The quantitative estimate of drug-likeness (QED) is 0.862. The number of hydrogen-bond donors (Lipinski definition) is 2. The fourth-order valence-electron chi connectivity index (χ4n) is 2.36. The second kappa shape index (κ2) is 7.29. The van der Waals surface area contributed by atoms with E-state index in [-0.39, 0.29) is 12.5 Å². The molecule has 4 heteroatoms. The lowest BCUT2D eigenvalue weighted by Crippen LogP contribution is -2.39. The van der Waals surface area contributed by atoms with Crippen molar-refractivity contribution in [1.29, 1.82) is 0 Å². The summed E-state index contributed by atoms with van der Waals surface area (Å²) < 4.78 is 5.52. The van der Waals surface area contributed by atoms with Crippen LogP contribution in [0.3, 0.4) is 0 Å². The van der Waals surface area contributed by atoms with Gasteiger partial charge in [-0.3, -0.25) is 4.79 Å². The van der Waals surface area contributed by atoms with Crippen LogP contribution in [0.2, 0.25) is 0 Å². The highest BCUT2D eigenvalue weighted by molar-refractivity contribution is 5.77. The fourth-order valence-corrected chi connectivity index (χ4v) is 2.36. The van der Waals surface area contributed by atoms with Gasteiger partial charge in [-0.25, -0.2) is 0 Å². The zero-order valence-corrected chi connectivity index (χ0v) is 12.4. The third-order valence-electron chi connectivity index (χ3n) is 3.84. The summed E-state index contributed by atoms with van der Waals surface area (Å²) in [6.45, 7) is 7.02. The maximum Gasteiger partial charge on any atom is 0.257 e. The molecule has 0 spiro atoms. The number of hydrogen-bond acceptors (Lipinski definition) is 3. The first-order valence-corrected chi connectivity index (χ1v) is 7.32. The molecule has 0 saturated carbocycles. The van der Waals surface area contributed by atoms with E-state index in [2.05, 4.69) is 17.6 Å². The first-order valence-electron chi connectivity index (χ1n) is 7.32. The number of nitrogens with one attached hydrogen (secondary N) is 2. The molecule has 1 aliphatic rings. The van der Waals surface area contributed by atoms with Crippen LogP contribution in [0.4, 0.5) is 0 Å². The Morgan fingerprint density at radius 3 is 2.95 bits per heavy atom. The van der Waals surface area contributed by atoms with Crippen molar-refractivity contribution in [1.82, 2.24) is 10.6 Å². The van der Waals surface area contributed by atoms with Gasteiger partial charge in [0.15, 0.2) is 6.61 Å². The van der Waals surface area contributed by atoms with E-state index in [9.17, 15) is 4.79 Å². The average molecular weight is 276 g/mol. The number of rotatable bonds is 5. The van der Waals surface area contributed by atoms with Gasteiger partial charge in [-0.1, -0.05) is 6.07 Å². The van der Waals surface area contributed by atoms with Gasteiger partial charge < -0.3 is 15.4 Å². The number of aryl methyl sites for hydroxylation is 2. The molecule has 1 fully saturated rings. The zero-order valence-electron chi connectivity index (χ0n) is 12.4. The lowest BCUT2D eigenvalue weighted by Gasteiger charge is -2.22. The Morgan fingerprint density at radius 1 is 1.40 bits per heavy atom. The Bertz CT molecular complexity index is 454. The van der Waals surface area contributed by atoms with Crippen LogP contribution in [0.25, 0.3) is 0 Å². The highest BCUT2D eigenvalue weighted by atomic mass is 16.5. The predicted molar refractivity (Wildman–Crippen MR) is 80.0 cm³/mol. The maximum absolute atomic E-state index is 11.8. The topological polar surface area (TPSA) is 50.4 Å². The predicted octanol–water partition coefficient (Wildman–Crippen LogP) is 1.80. The molecule has 0 radical (unpaired) electrons. The minimum atomic E-state index is -0.0474. The molecule has 1 aromatic rings. The highest BCUT2D eigenvalue weighted by Crippen LogP contribution is 2.16. The molecule has 0 aliphatic carbocycles. The van der Waals surface area contributed by atoms with Crippen molar-refractivity contribution >= 4 is 5.91 Å². The second-order valence-corrected chi connectivity index (χ2v) is 5.55. The van der Waals surface area contributed by atoms with Crippen LogP contribution in [0.1, 0.15) is 24.0 Å². The average Bonchev–Trinajstić information content (AvgIpc) is 2.47. The Hall–Kier alpha value is -1.55. The first-order chi connectivity index (χ1) is 9.65. The molecule has 20 heavy (non-hydrogen) atoms. The van der Waals surface area contributed by atoms with Gasteiger partial charge >= 0.3 is 0 Å². The summed E-state index contributed by atoms with van der Waals surface area (Å²) in [6, 6.07) is 5.88. The summed E-state index contributed by atoms with van der Waals surface area (Å²) in [5.41, 5.74) is 2.41. The first kappa shape index (κ1) is 14.9. The molecule has 4 nitrogen and oxygen atoms in total. The number of benzene rings is 1. The van der Waals surface area contributed by atoms with Gasteiger partial charge in [-0.2, -0.15) is 0 Å². The Kier molecular flexibility index (Phi) is 5.41. The van der Waals surface area contributed by atoms with Crippen LogP contribution in [-0.2, 0) is 4.79 Å². The summed E-state index contributed by atoms with van der Waals surface area (Å²) in [7, 11) is 0. The number of carbonyl (C=O) groups is 1. The third-order valence-corrected chi connectivity index (χ3v) is 3.84. The van der Waals surface area contributed by atoms with E-state index < -0.39 is 0 Å². The normalized spacial score (nSPS) is 18.6. The van der Waals surface area contributed by atoms with Crippen molar-refractivity contribution in [2.75, 3.05) is 26.2 Å². The van der Waals surface area contributed by atoms with Gasteiger partial charge in [0.25, 0.3) is 5.91 Å². The molecule has 1 atom stereocenters. The number of carbonyl (C=O) groups excluding carboxylic acids is 1. The van der Waals surface area contributed by atoms with Crippen molar-refractivity contribution in [3.8, 4) is 5.75 Å². The Balaban J connectivity index is 1.70. The minimum Gasteiger partial charge on any atom is -0.484 e. The van der Waals surface area contributed by atoms with Gasteiger partial charge in [0, 0.05) is 6.54 Å². The van der Waals surface area contributed by atoms with Gasteiger partial charge in [0.05, 0.1) is 0 Å². The van der Waals surface area contributed by atoms with E-state index in [0.29, 0.717) is 5.92 Å². The molecule has 2 rings (SSSR count). The second-order valence-electron chi connectivity index (χ2n) is 5.55. The van der Waals surface area contributed by atoms with Crippen molar-refractivity contribution in [2.24, 2.45) is 5.92 Å². The third kappa shape index (κ3) is 4.53. The molecule has 1 aliphatic heterocycles. The number of amides is 1. The van der Waals surface area contributed by atoms with Gasteiger partial charge in [-0.15, -0.1) is 0 Å². The molecule has 1 aromatic carbocycles. The largest absolute Gasteiger partial charge is 0.484 e. The molecule has 0 bridgehead atoms. The summed E-state index contributed by atoms with van der Waals surface area (Å²) in [5, 5.41) is 6.29. The summed E-state index contributed by atoms with van der Waals surface area (Å²) in [4.78, 5) is 11.8. The van der Waals surface area contributed by atoms with E-state index in [1.807, 2.05) is 25.1 Å². The lowest BCUT2D eigenvalue weighted by atomic mass is 10.00. The monoisotopic (exact) mass is 276 g/mol. The van der Waals surface area contributed by atoms with Gasteiger partial charge in [-0.05, 0) is 69.0 Å². The van der Waals surface area contributed by atoms with E-state index in [0.717, 1.165) is 25.4 Å². The zero-order chi connectivity index (χ0) is 14.4. The molecule has 0 aromatic heterocycles. The molecular weight excluding hydrogens is 252 g/mol. The van der Waals surface area contributed by atoms with Crippen LogP contribution in [-0.4, -0.2) is 32.1 Å². The van der Waals surface area contributed by atoms with Gasteiger partial charge in [0.2, 0.25) is 0 Å². The molecule has 1 saturated heterocycles. The van der Waals surface area contributed by atoms with Gasteiger partial charge in [0.1, 0.15) is 5.75 Å². The standard InChI is InChI=1S/C16H24N2O2/c1-12-5-6-15(8-13(12)2)20-11-16(19)18-10-14-4-3-7-17-9-14/h5-6,8,14,17H,3-4,7,9-11H2,1-2H3,(H,18,19). The highest BCUT2D eigenvalue weighted by Gasteiger charge is 2.13. The van der Waals surface area contributed by atoms with Crippen LogP contribution < -0.4 is 15.4 Å².